The van der Waals surface area contributed by atoms with E-state index in [9.17, 15) is 13.2 Å². The first-order valence-corrected chi connectivity index (χ1v) is 12.6. The van der Waals surface area contributed by atoms with Crippen molar-refractivity contribution in [3.05, 3.63) is 102 Å². The van der Waals surface area contributed by atoms with E-state index in [0.717, 1.165) is 26.6 Å². The monoisotopic (exact) mass is 476 g/mol. The summed E-state index contributed by atoms with van der Waals surface area (Å²) in [4.78, 5) is 15.4. The van der Waals surface area contributed by atoms with E-state index in [2.05, 4.69) is 0 Å². The maximum Gasteiger partial charge on any atom is 0.334 e. The molecule has 0 aliphatic carbocycles. The third-order valence-electron chi connectivity index (χ3n) is 5.87. The molecule has 0 spiro atoms. The van der Waals surface area contributed by atoms with Crippen LogP contribution in [0, 0.1) is 6.92 Å². The molecule has 1 aliphatic rings. The fourth-order valence-electron chi connectivity index (χ4n) is 3.92. The summed E-state index contributed by atoms with van der Waals surface area (Å²) >= 11 is 0. The maximum absolute atomic E-state index is 13.7. The predicted molar refractivity (Wildman–Crippen MR) is 133 cm³/mol. The zero-order valence-electron chi connectivity index (χ0n) is 19.3. The van der Waals surface area contributed by atoms with E-state index in [1.165, 1.54) is 0 Å². The average Bonchev–Trinajstić information content (AvgIpc) is 2.85. The van der Waals surface area contributed by atoms with Crippen molar-refractivity contribution in [3.63, 3.8) is 0 Å². The highest BCUT2D eigenvalue weighted by molar-refractivity contribution is 7.89. The van der Waals surface area contributed by atoms with E-state index in [1.807, 2.05) is 67.6 Å². The van der Waals surface area contributed by atoms with Crippen molar-refractivity contribution >= 4 is 21.6 Å². The summed E-state index contributed by atoms with van der Waals surface area (Å²) in [5.74, 6) is 0.712. The average molecular weight is 477 g/mol. The topological polar surface area (TPSA) is 66.9 Å². The fraction of sp³-hybridized carbons (Fsp3) is 0.222. The molecule has 6 nitrogen and oxygen atoms in total. The number of rotatable bonds is 6. The van der Waals surface area contributed by atoms with Gasteiger partial charge < -0.3 is 9.64 Å². The molecule has 0 atom stereocenters. The van der Waals surface area contributed by atoms with Gasteiger partial charge in [-0.3, -0.25) is 0 Å². The van der Waals surface area contributed by atoms with Crippen molar-refractivity contribution < 1.29 is 17.9 Å². The molecule has 0 aromatic heterocycles. The minimum atomic E-state index is -4.07. The fourth-order valence-corrected chi connectivity index (χ4v) is 5.29. The summed E-state index contributed by atoms with van der Waals surface area (Å²) in [7, 11) is -2.47. The maximum atomic E-state index is 13.7. The van der Waals surface area contributed by atoms with Gasteiger partial charge in [-0.25, -0.2) is 17.5 Å². The number of amides is 2. The lowest BCUT2D eigenvalue weighted by atomic mass is 10.0. The predicted octanol–water partition coefficient (Wildman–Crippen LogP) is 5.10. The van der Waals surface area contributed by atoms with Gasteiger partial charge in [-0.05, 0) is 54.3 Å². The normalized spacial score (nSPS) is 16.4. The second kappa shape index (κ2) is 10.1. The number of urea groups is 1. The Labute approximate surface area is 201 Å². The van der Waals surface area contributed by atoms with E-state index in [-0.39, 0.29) is 11.4 Å². The molecule has 176 valence electrons. The standard InChI is InChI=1S/C27H28N2O4S/c1-21-10-16-26(17-11-21)34(31,32)29-20-24(23-12-14-25(33-2)15-13-23)9-6-18-28(27(29)30)19-22-7-4-3-5-8-22/h3-5,7-17H,6,18-20H2,1-2H3/b24-9+. The van der Waals surface area contributed by atoms with Crippen molar-refractivity contribution in [2.24, 2.45) is 0 Å². The third-order valence-corrected chi connectivity index (χ3v) is 7.61. The number of sulfonamides is 1. The van der Waals surface area contributed by atoms with Crippen molar-refractivity contribution in [2.75, 3.05) is 20.2 Å². The van der Waals surface area contributed by atoms with Gasteiger partial charge in [-0.15, -0.1) is 0 Å². The number of hydrogen-bond donors (Lipinski definition) is 0. The number of ether oxygens (including phenoxy) is 1. The van der Waals surface area contributed by atoms with Crippen LogP contribution in [0.1, 0.15) is 23.1 Å². The van der Waals surface area contributed by atoms with E-state index >= 15 is 0 Å². The van der Waals surface area contributed by atoms with Gasteiger partial charge in [0.15, 0.2) is 0 Å². The zero-order valence-corrected chi connectivity index (χ0v) is 20.2. The van der Waals surface area contributed by atoms with Crippen molar-refractivity contribution in [1.29, 1.82) is 0 Å². The highest BCUT2D eigenvalue weighted by atomic mass is 32.2. The van der Waals surface area contributed by atoms with Gasteiger partial charge >= 0.3 is 6.03 Å². The van der Waals surface area contributed by atoms with Gasteiger partial charge in [-0.2, -0.15) is 0 Å². The number of carbonyl (C=O) groups excluding carboxylic acids is 1. The number of benzene rings is 3. The molecule has 0 bridgehead atoms. The first-order valence-electron chi connectivity index (χ1n) is 11.1. The van der Waals surface area contributed by atoms with Crippen LogP contribution in [0.15, 0.2) is 89.8 Å². The van der Waals surface area contributed by atoms with Gasteiger partial charge in [0.2, 0.25) is 0 Å². The number of nitrogens with zero attached hydrogens (tertiary/aromatic N) is 2. The third kappa shape index (κ3) is 5.15. The summed E-state index contributed by atoms with van der Waals surface area (Å²) < 4.78 is 33.6. The first kappa shape index (κ1) is 23.6. The summed E-state index contributed by atoms with van der Waals surface area (Å²) in [6.45, 7) is 2.59. The van der Waals surface area contributed by atoms with Crippen LogP contribution < -0.4 is 4.74 Å². The Morgan fingerprint density at radius 3 is 2.24 bits per heavy atom. The lowest BCUT2D eigenvalue weighted by molar-refractivity contribution is 0.177. The Balaban J connectivity index is 1.73. The van der Waals surface area contributed by atoms with Crippen LogP contribution in [0.25, 0.3) is 5.57 Å². The second-order valence-corrected chi connectivity index (χ2v) is 10.1. The molecule has 0 N–H and O–H groups in total. The van der Waals surface area contributed by atoms with Crippen LogP contribution in [-0.2, 0) is 16.6 Å². The van der Waals surface area contributed by atoms with Crippen LogP contribution in [0.4, 0.5) is 4.79 Å². The van der Waals surface area contributed by atoms with Crippen molar-refractivity contribution in [3.8, 4) is 5.75 Å². The molecule has 3 aromatic rings. The zero-order chi connectivity index (χ0) is 24.1. The molecule has 0 saturated heterocycles. The lowest BCUT2D eigenvalue weighted by Gasteiger charge is -2.32. The number of carbonyl (C=O) groups is 1. The summed E-state index contributed by atoms with van der Waals surface area (Å²) in [5.41, 5.74) is 3.53. The second-order valence-electron chi connectivity index (χ2n) is 8.26. The van der Waals surface area contributed by atoms with Crippen LogP contribution in [-0.4, -0.2) is 43.9 Å². The molecule has 0 saturated carbocycles. The van der Waals surface area contributed by atoms with Gasteiger partial charge in [0.1, 0.15) is 5.75 Å². The Bertz CT molecular complexity index is 1270. The Morgan fingerprint density at radius 2 is 1.59 bits per heavy atom. The van der Waals surface area contributed by atoms with E-state index in [1.54, 1.807) is 36.3 Å². The van der Waals surface area contributed by atoms with Gasteiger partial charge in [0.05, 0.1) is 18.6 Å². The van der Waals surface area contributed by atoms with Crippen LogP contribution in [0.2, 0.25) is 0 Å². The lowest BCUT2D eigenvalue weighted by Crippen LogP contribution is -2.47. The van der Waals surface area contributed by atoms with Gasteiger partial charge in [0, 0.05) is 13.1 Å². The Morgan fingerprint density at radius 1 is 0.912 bits per heavy atom. The number of hydrogen-bond acceptors (Lipinski definition) is 4. The largest absolute Gasteiger partial charge is 0.497 e. The van der Waals surface area contributed by atoms with E-state index in [0.29, 0.717) is 25.3 Å². The Hall–Kier alpha value is -3.58. The minimum absolute atomic E-state index is 0.0489. The SMILES string of the molecule is COc1ccc(/C2=C/CCN(Cc3ccccc3)C(=O)N(S(=O)(=O)c3ccc(C)cc3)C2)cc1. The van der Waals surface area contributed by atoms with Crippen LogP contribution in [0.3, 0.4) is 0 Å². The van der Waals surface area contributed by atoms with Crippen molar-refractivity contribution in [1.82, 2.24) is 9.21 Å². The molecule has 1 heterocycles. The minimum Gasteiger partial charge on any atom is -0.497 e. The number of aryl methyl sites for hydroxylation is 1. The molecule has 3 aromatic carbocycles. The van der Waals surface area contributed by atoms with Gasteiger partial charge in [-0.1, -0.05) is 66.2 Å². The highest BCUT2D eigenvalue weighted by Crippen LogP contribution is 2.27. The van der Waals surface area contributed by atoms with Crippen LogP contribution >= 0.6 is 0 Å². The quantitative estimate of drug-likeness (QED) is 0.496. The van der Waals surface area contributed by atoms with Gasteiger partial charge in [0.25, 0.3) is 10.0 Å². The smallest absolute Gasteiger partial charge is 0.334 e. The molecular formula is C27H28N2O4S. The molecule has 4 rings (SSSR count). The molecule has 0 radical (unpaired) electrons. The molecule has 2 amide bonds. The highest BCUT2D eigenvalue weighted by Gasteiger charge is 2.34. The Kier molecular flexibility index (Phi) is 7.03. The first-order chi connectivity index (χ1) is 16.4. The molecule has 34 heavy (non-hydrogen) atoms. The summed E-state index contributed by atoms with van der Waals surface area (Å²) in [6, 6.07) is 23.1. The molecule has 0 fully saturated rings. The van der Waals surface area contributed by atoms with Crippen LogP contribution in [0.5, 0.6) is 5.75 Å². The molecule has 7 heteroatoms. The molecule has 0 unspecified atom stereocenters. The molecule has 1 aliphatic heterocycles. The summed E-state index contributed by atoms with van der Waals surface area (Å²) in [6.07, 6.45) is 2.64. The molecular weight excluding hydrogens is 448 g/mol. The van der Waals surface area contributed by atoms with E-state index in [4.69, 9.17) is 4.74 Å². The summed E-state index contributed by atoms with van der Waals surface area (Å²) in [5, 5.41) is 0. The van der Waals surface area contributed by atoms with E-state index < -0.39 is 16.1 Å². The number of methoxy groups -OCH3 is 1. The van der Waals surface area contributed by atoms with Crippen molar-refractivity contribution in [2.45, 2.75) is 24.8 Å².